The molecule has 0 amide bonds. The average Bonchev–Trinajstić information content (AvgIpc) is 2.11. The third-order valence-electron chi connectivity index (χ3n) is 3.29. The van der Waals surface area contributed by atoms with Crippen molar-refractivity contribution >= 4 is 0 Å². The molecule has 0 saturated heterocycles. The molecule has 1 N–H and O–H groups in total. The van der Waals surface area contributed by atoms with Crippen LogP contribution in [0.25, 0.3) is 0 Å². The van der Waals surface area contributed by atoms with E-state index in [9.17, 15) is 0 Å². The van der Waals surface area contributed by atoms with Crippen molar-refractivity contribution in [2.45, 2.75) is 53.5 Å². The summed E-state index contributed by atoms with van der Waals surface area (Å²) in [7, 11) is 2.06. The summed E-state index contributed by atoms with van der Waals surface area (Å²) in [4.78, 5) is 0. The molecule has 0 fully saturated rings. The molecule has 0 aromatic heterocycles. The average molecular weight is 185 g/mol. The fourth-order valence-corrected chi connectivity index (χ4v) is 2.03. The standard InChI is InChI=1S/C12H27N/c1-7-12(8-9(2)3)10(4)11(5)13-6/h9-13H,7-8H2,1-6H3/t10-,11-,12?/m0/s1. The van der Waals surface area contributed by atoms with Crippen LogP contribution < -0.4 is 5.32 Å². The lowest BCUT2D eigenvalue weighted by Gasteiger charge is -2.29. The normalized spacial score (nSPS) is 18.7. The molecule has 0 aliphatic rings. The van der Waals surface area contributed by atoms with Gasteiger partial charge >= 0.3 is 0 Å². The zero-order valence-electron chi connectivity index (χ0n) is 10.2. The van der Waals surface area contributed by atoms with E-state index < -0.39 is 0 Å². The first-order valence-electron chi connectivity index (χ1n) is 5.70. The van der Waals surface area contributed by atoms with Crippen LogP contribution in [-0.2, 0) is 0 Å². The van der Waals surface area contributed by atoms with Crippen LogP contribution in [0.3, 0.4) is 0 Å². The van der Waals surface area contributed by atoms with Crippen molar-refractivity contribution in [1.82, 2.24) is 5.32 Å². The molecule has 0 aromatic rings. The number of hydrogen-bond donors (Lipinski definition) is 1. The van der Waals surface area contributed by atoms with Crippen molar-refractivity contribution < 1.29 is 0 Å². The first kappa shape index (κ1) is 13.0. The van der Waals surface area contributed by atoms with Crippen LogP contribution in [0.1, 0.15) is 47.5 Å². The summed E-state index contributed by atoms with van der Waals surface area (Å²) in [6, 6.07) is 0.642. The first-order valence-corrected chi connectivity index (χ1v) is 5.70. The topological polar surface area (TPSA) is 12.0 Å². The zero-order valence-corrected chi connectivity index (χ0v) is 10.2. The highest BCUT2D eigenvalue weighted by Crippen LogP contribution is 2.25. The van der Waals surface area contributed by atoms with Gasteiger partial charge in [0, 0.05) is 6.04 Å². The van der Waals surface area contributed by atoms with E-state index in [4.69, 9.17) is 0 Å². The molecule has 0 saturated carbocycles. The lowest BCUT2D eigenvalue weighted by atomic mass is 9.81. The van der Waals surface area contributed by atoms with Gasteiger partial charge in [-0.3, -0.25) is 0 Å². The summed E-state index contributed by atoms with van der Waals surface area (Å²) in [5.74, 6) is 2.50. The Balaban J connectivity index is 4.05. The predicted molar refractivity (Wildman–Crippen MR) is 60.9 cm³/mol. The van der Waals surface area contributed by atoms with E-state index in [0.29, 0.717) is 6.04 Å². The smallest absolute Gasteiger partial charge is 0.00640 e. The van der Waals surface area contributed by atoms with E-state index in [1.807, 2.05) is 0 Å². The van der Waals surface area contributed by atoms with Gasteiger partial charge in [-0.15, -0.1) is 0 Å². The Labute approximate surface area is 84.3 Å². The Kier molecular flexibility index (Phi) is 6.40. The second kappa shape index (κ2) is 6.42. The maximum atomic E-state index is 3.35. The SMILES string of the molecule is CCC(CC(C)C)[C@@H](C)[C@H](C)NC. The van der Waals surface area contributed by atoms with Gasteiger partial charge in [-0.2, -0.15) is 0 Å². The third-order valence-corrected chi connectivity index (χ3v) is 3.29. The number of nitrogens with one attached hydrogen (secondary N) is 1. The minimum Gasteiger partial charge on any atom is -0.317 e. The lowest BCUT2D eigenvalue weighted by molar-refractivity contribution is 0.244. The fraction of sp³-hybridized carbons (Fsp3) is 1.00. The third kappa shape index (κ3) is 4.66. The summed E-state index contributed by atoms with van der Waals surface area (Å²) in [6.45, 7) is 11.6. The van der Waals surface area contributed by atoms with Crippen molar-refractivity contribution in [2.75, 3.05) is 7.05 Å². The van der Waals surface area contributed by atoms with E-state index >= 15 is 0 Å². The van der Waals surface area contributed by atoms with Crippen LogP contribution in [0.4, 0.5) is 0 Å². The van der Waals surface area contributed by atoms with Crippen LogP contribution in [-0.4, -0.2) is 13.1 Å². The van der Waals surface area contributed by atoms with Crippen LogP contribution >= 0.6 is 0 Å². The zero-order chi connectivity index (χ0) is 10.4. The molecule has 1 unspecified atom stereocenters. The molecule has 0 heterocycles. The van der Waals surface area contributed by atoms with Gasteiger partial charge in [0.15, 0.2) is 0 Å². The molecule has 0 aromatic carbocycles. The van der Waals surface area contributed by atoms with Gasteiger partial charge < -0.3 is 5.32 Å². The summed E-state index contributed by atoms with van der Waals surface area (Å²) in [5, 5.41) is 3.35. The second-order valence-corrected chi connectivity index (χ2v) is 4.73. The first-order chi connectivity index (χ1) is 6.02. The lowest BCUT2D eigenvalue weighted by Crippen LogP contribution is -2.33. The highest BCUT2D eigenvalue weighted by atomic mass is 14.9. The predicted octanol–water partition coefficient (Wildman–Crippen LogP) is 3.30. The van der Waals surface area contributed by atoms with Gasteiger partial charge in [-0.05, 0) is 38.1 Å². The minimum absolute atomic E-state index is 0.642. The van der Waals surface area contributed by atoms with Crippen LogP contribution in [0, 0.1) is 17.8 Å². The van der Waals surface area contributed by atoms with E-state index in [1.54, 1.807) is 0 Å². The molecule has 0 radical (unpaired) electrons. The molecule has 1 nitrogen and oxygen atoms in total. The van der Waals surface area contributed by atoms with E-state index in [-0.39, 0.29) is 0 Å². The maximum absolute atomic E-state index is 3.35. The Hall–Kier alpha value is -0.0400. The van der Waals surface area contributed by atoms with Gasteiger partial charge in [0.05, 0.1) is 0 Å². The van der Waals surface area contributed by atoms with Crippen LogP contribution in [0.15, 0.2) is 0 Å². The molecule has 0 rings (SSSR count). The molecule has 0 spiro atoms. The molecule has 0 aliphatic carbocycles. The van der Waals surface area contributed by atoms with Gasteiger partial charge in [0.1, 0.15) is 0 Å². The highest BCUT2D eigenvalue weighted by Gasteiger charge is 2.20. The Bertz CT molecular complexity index is 120. The summed E-state index contributed by atoms with van der Waals surface area (Å²) < 4.78 is 0. The van der Waals surface area contributed by atoms with E-state index in [1.165, 1.54) is 12.8 Å². The molecule has 1 heteroatoms. The van der Waals surface area contributed by atoms with Crippen molar-refractivity contribution in [2.24, 2.45) is 17.8 Å². The van der Waals surface area contributed by atoms with Gasteiger partial charge in [-0.1, -0.05) is 34.1 Å². The summed E-state index contributed by atoms with van der Waals surface area (Å²) >= 11 is 0. The molecule has 0 aliphatic heterocycles. The van der Waals surface area contributed by atoms with Crippen molar-refractivity contribution in [1.29, 1.82) is 0 Å². The second-order valence-electron chi connectivity index (χ2n) is 4.73. The highest BCUT2D eigenvalue weighted by molar-refractivity contribution is 4.74. The van der Waals surface area contributed by atoms with Gasteiger partial charge in [0.2, 0.25) is 0 Å². The number of rotatable bonds is 6. The Morgan fingerprint density at radius 3 is 1.92 bits per heavy atom. The van der Waals surface area contributed by atoms with Crippen molar-refractivity contribution in [3.63, 3.8) is 0 Å². The van der Waals surface area contributed by atoms with Crippen molar-refractivity contribution in [3.8, 4) is 0 Å². The molecule has 80 valence electrons. The largest absolute Gasteiger partial charge is 0.317 e. The van der Waals surface area contributed by atoms with Crippen LogP contribution in [0.5, 0.6) is 0 Å². The minimum atomic E-state index is 0.642. The number of hydrogen-bond acceptors (Lipinski definition) is 1. The summed E-state index contributed by atoms with van der Waals surface area (Å²) in [5.41, 5.74) is 0. The van der Waals surface area contributed by atoms with E-state index in [2.05, 4.69) is 47.0 Å². The molecule has 0 bridgehead atoms. The van der Waals surface area contributed by atoms with Gasteiger partial charge in [-0.25, -0.2) is 0 Å². The Morgan fingerprint density at radius 2 is 1.62 bits per heavy atom. The molecular formula is C12H27N. The quantitative estimate of drug-likeness (QED) is 0.669. The van der Waals surface area contributed by atoms with Crippen LogP contribution in [0.2, 0.25) is 0 Å². The molecule has 3 atom stereocenters. The Morgan fingerprint density at radius 1 is 1.08 bits per heavy atom. The molecular weight excluding hydrogens is 158 g/mol. The fourth-order valence-electron chi connectivity index (χ4n) is 2.03. The molecule has 13 heavy (non-hydrogen) atoms. The van der Waals surface area contributed by atoms with Gasteiger partial charge in [0.25, 0.3) is 0 Å². The van der Waals surface area contributed by atoms with E-state index in [0.717, 1.165) is 17.8 Å². The summed E-state index contributed by atoms with van der Waals surface area (Å²) in [6.07, 6.45) is 2.68. The van der Waals surface area contributed by atoms with Crippen molar-refractivity contribution in [3.05, 3.63) is 0 Å². The monoisotopic (exact) mass is 185 g/mol. The maximum Gasteiger partial charge on any atom is 0.00640 e.